The SMILES string of the molecule is Cc1ccc(C(=O)NC2CC(c3ccc(C(F)(F)F)cc3)CN(C(=O)N3CCOCC3)C2)cn1. The van der Waals surface area contributed by atoms with E-state index in [0.717, 1.165) is 17.8 Å². The number of carbonyl (C=O) groups is 2. The van der Waals surface area contributed by atoms with E-state index < -0.39 is 11.7 Å². The number of urea groups is 1. The van der Waals surface area contributed by atoms with E-state index in [2.05, 4.69) is 10.3 Å². The summed E-state index contributed by atoms with van der Waals surface area (Å²) >= 11 is 0. The Bertz CT molecular complexity index is 1010. The number of ether oxygens (including phenoxy) is 1. The Morgan fingerprint density at radius 1 is 1.03 bits per heavy atom. The van der Waals surface area contributed by atoms with Crippen LogP contribution < -0.4 is 5.32 Å². The normalized spacial score (nSPS) is 21.3. The summed E-state index contributed by atoms with van der Waals surface area (Å²) in [5.74, 6) is -0.521. The zero-order valence-electron chi connectivity index (χ0n) is 18.8. The van der Waals surface area contributed by atoms with Crippen LogP contribution >= 0.6 is 0 Å². The molecule has 7 nitrogen and oxygen atoms in total. The molecular weight excluding hydrogens is 449 g/mol. The standard InChI is InChI=1S/C24H27F3N4O3/c1-16-2-3-18(13-28-16)22(32)29-21-12-19(17-4-6-20(7-5-17)24(25,26)27)14-31(15-21)23(33)30-8-10-34-11-9-30/h2-7,13,19,21H,8-12,14-15H2,1H3,(H,29,32). The number of morpholine rings is 1. The summed E-state index contributed by atoms with van der Waals surface area (Å²) in [5, 5.41) is 2.98. The quantitative estimate of drug-likeness (QED) is 0.737. The Hall–Kier alpha value is -3.14. The number of benzene rings is 1. The minimum Gasteiger partial charge on any atom is -0.378 e. The molecule has 0 aliphatic carbocycles. The number of nitrogens with one attached hydrogen (secondary N) is 1. The number of hydrogen-bond acceptors (Lipinski definition) is 4. The number of carbonyl (C=O) groups excluding carboxylic acids is 2. The molecule has 3 heterocycles. The second kappa shape index (κ2) is 10.0. The lowest BCUT2D eigenvalue weighted by Crippen LogP contribution is -2.56. The fourth-order valence-corrected chi connectivity index (χ4v) is 4.37. The smallest absolute Gasteiger partial charge is 0.378 e. The summed E-state index contributed by atoms with van der Waals surface area (Å²) in [5.41, 5.74) is 1.18. The molecular formula is C24H27F3N4O3. The first-order valence-corrected chi connectivity index (χ1v) is 11.2. The van der Waals surface area contributed by atoms with Gasteiger partial charge in [0, 0.05) is 50.0 Å². The first-order valence-electron chi connectivity index (χ1n) is 11.2. The molecule has 0 spiro atoms. The van der Waals surface area contributed by atoms with Gasteiger partial charge in [0.1, 0.15) is 0 Å². The summed E-state index contributed by atoms with van der Waals surface area (Å²) in [6.45, 7) is 4.38. The van der Waals surface area contributed by atoms with Crippen LogP contribution in [-0.4, -0.2) is 72.2 Å². The number of amides is 3. The van der Waals surface area contributed by atoms with Crippen molar-refractivity contribution in [3.63, 3.8) is 0 Å². The van der Waals surface area contributed by atoms with Gasteiger partial charge in [0.15, 0.2) is 0 Å². The Labute approximate surface area is 195 Å². The Kier molecular flexibility index (Phi) is 7.06. The summed E-state index contributed by atoms with van der Waals surface area (Å²) in [6.07, 6.45) is -2.41. The molecule has 1 N–H and O–H groups in total. The third-order valence-corrected chi connectivity index (χ3v) is 6.22. The number of likely N-dealkylation sites (tertiary alicyclic amines) is 1. The Morgan fingerprint density at radius 3 is 2.35 bits per heavy atom. The number of alkyl halides is 3. The van der Waals surface area contributed by atoms with Crippen LogP contribution in [0.5, 0.6) is 0 Å². The number of rotatable bonds is 3. The van der Waals surface area contributed by atoms with Gasteiger partial charge in [-0.05, 0) is 43.2 Å². The molecule has 2 unspecified atom stereocenters. The van der Waals surface area contributed by atoms with Gasteiger partial charge in [-0.15, -0.1) is 0 Å². The number of aryl methyl sites for hydroxylation is 1. The molecule has 2 fully saturated rings. The molecule has 2 atom stereocenters. The van der Waals surface area contributed by atoms with Crippen molar-refractivity contribution >= 4 is 11.9 Å². The highest BCUT2D eigenvalue weighted by molar-refractivity contribution is 5.94. The van der Waals surface area contributed by atoms with Gasteiger partial charge in [-0.3, -0.25) is 9.78 Å². The average Bonchev–Trinajstić information content (AvgIpc) is 2.84. The molecule has 3 amide bonds. The first-order chi connectivity index (χ1) is 16.2. The van der Waals surface area contributed by atoms with E-state index in [9.17, 15) is 22.8 Å². The molecule has 34 heavy (non-hydrogen) atoms. The van der Waals surface area contributed by atoms with Crippen LogP contribution in [0.3, 0.4) is 0 Å². The molecule has 2 saturated heterocycles. The maximum atomic E-state index is 13.2. The van der Waals surface area contributed by atoms with Gasteiger partial charge in [0.25, 0.3) is 5.91 Å². The van der Waals surface area contributed by atoms with Crippen LogP contribution in [0.4, 0.5) is 18.0 Å². The Balaban J connectivity index is 1.53. The van der Waals surface area contributed by atoms with Crippen LogP contribution in [0.2, 0.25) is 0 Å². The lowest BCUT2D eigenvalue weighted by atomic mass is 9.87. The number of nitrogens with zero attached hydrogens (tertiary/aromatic N) is 3. The maximum absolute atomic E-state index is 13.2. The second-order valence-electron chi connectivity index (χ2n) is 8.70. The molecule has 0 radical (unpaired) electrons. The lowest BCUT2D eigenvalue weighted by molar-refractivity contribution is -0.137. The van der Waals surface area contributed by atoms with Crippen molar-refractivity contribution in [2.75, 3.05) is 39.4 Å². The molecule has 2 aromatic rings. The zero-order chi connectivity index (χ0) is 24.3. The molecule has 0 bridgehead atoms. The largest absolute Gasteiger partial charge is 0.416 e. The summed E-state index contributed by atoms with van der Waals surface area (Å²) < 4.78 is 44.3. The average molecular weight is 476 g/mol. The van der Waals surface area contributed by atoms with Crippen LogP contribution in [0.15, 0.2) is 42.6 Å². The van der Waals surface area contributed by atoms with Gasteiger partial charge in [-0.25, -0.2) is 4.79 Å². The van der Waals surface area contributed by atoms with E-state index in [1.54, 1.807) is 21.9 Å². The number of halogens is 3. The fourth-order valence-electron chi connectivity index (χ4n) is 4.37. The summed E-state index contributed by atoms with van der Waals surface area (Å²) in [6, 6.07) is 7.95. The maximum Gasteiger partial charge on any atom is 0.416 e. The molecule has 2 aliphatic heterocycles. The van der Waals surface area contributed by atoms with E-state index in [1.807, 2.05) is 6.92 Å². The van der Waals surface area contributed by atoms with E-state index in [-0.39, 0.29) is 23.9 Å². The minimum atomic E-state index is -4.41. The van der Waals surface area contributed by atoms with Gasteiger partial charge in [0.2, 0.25) is 0 Å². The Morgan fingerprint density at radius 2 is 1.74 bits per heavy atom. The van der Waals surface area contributed by atoms with Crippen molar-refractivity contribution in [2.45, 2.75) is 31.5 Å². The third-order valence-electron chi connectivity index (χ3n) is 6.22. The molecule has 0 saturated carbocycles. The van der Waals surface area contributed by atoms with Gasteiger partial charge in [-0.2, -0.15) is 13.2 Å². The molecule has 1 aromatic carbocycles. The molecule has 2 aliphatic rings. The zero-order valence-corrected chi connectivity index (χ0v) is 18.8. The van der Waals surface area contributed by atoms with Crippen LogP contribution in [0.25, 0.3) is 0 Å². The minimum absolute atomic E-state index is 0.156. The van der Waals surface area contributed by atoms with Crippen molar-refractivity contribution in [2.24, 2.45) is 0 Å². The highest BCUT2D eigenvalue weighted by Gasteiger charge is 2.35. The monoisotopic (exact) mass is 476 g/mol. The fraction of sp³-hybridized carbons (Fsp3) is 0.458. The van der Waals surface area contributed by atoms with Crippen molar-refractivity contribution in [3.05, 3.63) is 65.0 Å². The van der Waals surface area contributed by atoms with Gasteiger partial charge in [-0.1, -0.05) is 12.1 Å². The second-order valence-corrected chi connectivity index (χ2v) is 8.70. The van der Waals surface area contributed by atoms with Crippen molar-refractivity contribution in [1.29, 1.82) is 0 Å². The number of piperidine rings is 1. The van der Waals surface area contributed by atoms with Crippen molar-refractivity contribution < 1.29 is 27.5 Å². The summed E-state index contributed by atoms with van der Waals surface area (Å²) in [7, 11) is 0. The van der Waals surface area contributed by atoms with E-state index in [0.29, 0.717) is 56.9 Å². The molecule has 4 rings (SSSR count). The van der Waals surface area contributed by atoms with Crippen molar-refractivity contribution in [3.8, 4) is 0 Å². The molecule has 182 valence electrons. The van der Waals surface area contributed by atoms with Gasteiger partial charge in [0.05, 0.1) is 24.3 Å². The lowest BCUT2D eigenvalue weighted by Gasteiger charge is -2.41. The van der Waals surface area contributed by atoms with Crippen molar-refractivity contribution in [1.82, 2.24) is 20.1 Å². The number of aromatic nitrogens is 1. The van der Waals surface area contributed by atoms with Crippen LogP contribution in [0, 0.1) is 6.92 Å². The predicted molar refractivity (Wildman–Crippen MR) is 118 cm³/mol. The number of hydrogen-bond donors (Lipinski definition) is 1. The van der Waals surface area contributed by atoms with E-state index >= 15 is 0 Å². The van der Waals surface area contributed by atoms with Crippen LogP contribution in [0.1, 0.15) is 39.5 Å². The van der Waals surface area contributed by atoms with E-state index in [4.69, 9.17) is 4.74 Å². The summed E-state index contributed by atoms with van der Waals surface area (Å²) in [4.78, 5) is 33.5. The predicted octanol–water partition coefficient (Wildman–Crippen LogP) is 3.45. The van der Waals surface area contributed by atoms with Gasteiger partial charge < -0.3 is 19.9 Å². The molecule has 10 heteroatoms. The van der Waals surface area contributed by atoms with Gasteiger partial charge >= 0.3 is 12.2 Å². The van der Waals surface area contributed by atoms with E-state index in [1.165, 1.54) is 18.3 Å². The highest BCUT2D eigenvalue weighted by Crippen LogP contribution is 2.33. The topological polar surface area (TPSA) is 74.8 Å². The van der Waals surface area contributed by atoms with Crippen LogP contribution in [-0.2, 0) is 10.9 Å². The number of pyridine rings is 1. The highest BCUT2D eigenvalue weighted by atomic mass is 19.4. The third kappa shape index (κ3) is 5.67. The first kappa shape index (κ1) is 24.0. The molecule has 1 aromatic heterocycles.